The Labute approximate surface area is 236 Å². The third kappa shape index (κ3) is 8.76. The fourth-order valence-electron chi connectivity index (χ4n) is 4.87. The molecule has 0 radical (unpaired) electrons. The summed E-state index contributed by atoms with van der Waals surface area (Å²) in [6.45, 7) is 6.65. The van der Waals surface area contributed by atoms with Gasteiger partial charge in [0.2, 0.25) is 0 Å². The van der Waals surface area contributed by atoms with E-state index < -0.39 is 11.9 Å². The zero-order valence-corrected chi connectivity index (χ0v) is 23.0. The lowest BCUT2D eigenvalue weighted by Gasteiger charge is -2.40. The molecule has 3 aliphatic heterocycles. The maximum atomic E-state index is 14.1. The molecule has 2 aromatic rings. The number of aliphatic carboxylic acids is 2. The van der Waals surface area contributed by atoms with E-state index in [4.69, 9.17) is 31.3 Å². The highest BCUT2D eigenvalue weighted by Crippen LogP contribution is 2.44. The second kappa shape index (κ2) is 14.2. The molecule has 8 nitrogen and oxygen atoms in total. The highest BCUT2D eigenvalue weighted by molar-refractivity contribution is 7.99. The highest BCUT2D eigenvalue weighted by Gasteiger charge is 2.30. The zero-order valence-electron chi connectivity index (χ0n) is 21.4. The highest BCUT2D eigenvalue weighted by atomic mass is 35.5. The van der Waals surface area contributed by atoms with E-state index in [9.17, 15) is 14.0 Å². The standard InChI is InChI=1S/C24H28ClFN2O2S.C4H4O4/c25-18-2-5-22-17(14-18)15-21(20-4-3-19(26)16-23(20)31-22)28-10-8-27(9-11-28)7-6-24-29-12-1-13-30-24;5-3(6)1-2-4(7)8/h2-5,14,16,21,24H,1,6-13,15H2;1-2H,(H,5,6)(H,7,8). The number of rotatable bonds is 6. The van der Waals surface area contributed by atoms with Crippen molar-refractivity contribution in [1.29, 1.82) is 0 Å². The van der Waals surface area contributed by atoms with Gasteiger partial charge >= 0.3 is 11.9 Å². The lowest BCUT2D eigenvalue weighted by molar-refractivity contribution is -0.183. The summed E-state index contributed by atoms with van der Waals surface area (Å²) in [7, 11) is 0. The first-order valence-electron chi connectivity index (χ1n) is 12.9. The largest absolute Gasteiger partial charge is 0.478 e. The van der Waals surface area contributed by atoms with Gasteiger partial charge in [-0.3, -0.25) is 4.90 Å². The molecule has 5 rings (SSSR count). The van der Waals surface area contributed by atoms with Crippen LogP contribution in [0.5, 0.6) is 0 Å². The van der Waals surface area contributed by atoms with Crippen LogP contribution in [-0.4, -0.2) is 84.2 Å². The summed E-state index contributed by atoms with van der Waals surface area (Å²) in [5.41, 5.74) is 2.46. The number of carboxylic acids is 2. The van der Waals surface area contributed by atoms with E-state index in [0.717, 1.165) is 75.1 Å². The Hall–Kier alpha value is -2.47. The Bertz CT molecular complexity index is 1170. The van der Waals surface area contributed by atoms with Crippen molar-refractivity contribution in [1.82, 2.24) is 9.80 Å². The second-order valence-corrected chi connectivity index (χ2v) is 11.0. The number of ether oxygens (including phenoxy) is 2. The Kier molecular flexibility index (Phi) is 10.8. The minimum atomic E-state index is -1.26. The van der Waals surface area contributed by atoms with Gasteiger partial charge in [0.1, 0.15) is 5.82 Å². The maximum Gasteiger partial charge on any atom is 0.328 e. The van der Waals surface area contributed by atoms with E-state index in [1.165, 1.54) is 16.0 Å². The Morgan fingerprint density at radius 2 is 1.69 bits per heavy atom. The molecule has 0 amide bonds. The Morgan fingerprint density at radius 3 is 2.36 bits per heavy atom. The van der Waals surface area contributed by atoms with Crippen LogP contribution in [-0.2, 0) is 25.5 Å². The van der Waals surface area contributed by atoms with Gasteiger partial charge in [0.25, 0.3) is 0 Å². The molecule has 0 aliphatic carbocycles. The summed E-state index contributed by atoms with van der Waals surface area (Å²) < 4.78 is 25.4. The quantitative estimate of drug-likeness (QED) is 0.472. The van der Waals surface area contributed by atoms with Gasteiger partial charge in [-0.05, 0) is 54.3 Å². The van der Waals surface area contributed by atoms with E-state index in [-0.39, 0.29) is 18.1 Å². The smallest absolute Gasteiger partial charge is 0.328 e. The van der Waals surface area contributed by atoms with E-state index in [1.807, 2.05) is 12.1 Å². The molecule has 3 aliphatic rings. The second-order valence-electron chi connectivity index (χ2n) is 9.46. The molecular formula is C28H32ClFN2O6S. The minimum Gasteiger partial charge on any atom is -0.478 e. The summed E-state index contributed by atoms with van der Waals surface area (Å²) in [5.74, 6) is -2.70. The van der Waals surface area contributed by atoms with Crippen molar-refractivity contribution in [3.05, 3.63) is 70.5 Å². The molecule has 1 unspecified atom stereocenters. The Balaban J connectivity index is 0.000000386. The summed E-state index contributed by atoms with van der Waals surface area (Å²) in [4.78, 5) is 26.3. The van der Waals surface area contributed by atoms with Crippen LogP contribution < -0.4 is 0 Å². The molecule has 210 valence electrons. The van der Waals surface area contributed by atoms with Crippen LogP contribution in [0.4, 0.5) is 4.39 Å². The molecule has 0 saturated carbocycles. The summed E-state index contributed by atoms with van der Waals surface area (Å²) >= 11 is 7.96. The SMILES string of the molecule is Fc1ccc2c(c1)Sc1ccc(Cl)cc1CC2N1CCN(CCC2OCCCO2)CC1.O=C(O)C=CC(=O)O. The fourth-order valence-corrected chi connectivity index (χ4v) is 6.21. The fraction of sp³-hybridized carbons (Fsp3) is 0.429. The molecular weight excluding hydrogens is 547 g/mol. The topological polar surface area (TPSA) is 99.5 Å². The number of carbonyl (C=O) groups is 2. The van der Waals surface area contributed by atoms with Crippen LogP contribution in [0.15, 0.2) is 58.3 Å². The average Bonchev–Trinajstić information content (AvgIpc) is 3.08. The minimum absolute atomic E-state index is 0.0475. The lowest BCUT2D eigenvalue weighted by Crippen LogP contribution is -2.48. The molecule has 3 heterocycles. The number of piperazine rings is 1. The van der Waals surface area contributed by atoms with Crippen LogP contribution in [0.3, 0.4) is 0 Å². The number of hydrogen-bond acceptors (Lipinski definition) is 7. The van der Waals surface area contributed by atoms with Crippen molar-refractivity contribution in [2.45, 2.75) is 41.4 Å². The molecule has 2 N–H and O–H groups in total. The van der Waals surface area contributed by atoms with E-state index in [0.29, 0.717) is 12.2 Å². The van der Waals surface area contributed by atoms with Gasteiger partial charge in [0.05, 0.1) is 13.2 Å². The Morgan fingerprint density at radius 1 is 1.00 bits per heavy atom. The van der Waals surface area contributed by atoms with Gasteiger partial charge in [0, 0.05) is 72.2 Å². The molecule has 2 fully saturated rings. The normalized spacial score (nSPS) is 20.4. The van der Waals surface area contributed by atoms with Gasteiger partial charge in [0.15, 0.2) is 6.29 Å². The summed E-state index contributed by atoms with van der Waals surface area (Å²) in [6.07, 6.45) is 3.88. The third-order valence-corrected chi connectivity index (χ3v) is 8.21. The van der Waals surface area contributed by atoms with E-state index in [2.05, 4.69) is 21.9 Å². The van der Waals surface area contributed by atoms with Crippen LogP contribution in [0.1, 0.15) is 30.0 Å². The maximum absolute atomic E-state index is 14.1. The predicted molar refractivity (Wildman–Crippen MR) is 146 cm³/mol. The molecule has 0 bridgehead atoms. The van der Waals surface area contributed by atoms with Crippen molar-refractivity contribution in [3.63, 3.8) is 0 Å². The first-order chi connectivity index (χ1) is 18.8. The first-order valence-corrected chi connectivity index (χ1v) is 14.1. The molecule has 2 saturated heterocycles. The molecule has 2 aromatic carbocycles. The molecule has 0 spiro atoms. The van der Waals surface area contributed by atoms with E-state index in [1.54, 1.807) is 23.9 Å². The van der Waals surface area contributed by atoms with Crippen molar-refractivity contribution < 1.29 is 33.7 Å². The predicted octanol–water partition coefficient (Wildman–Crippen LogP) is 4.71. The molecule has 1 atom stereocenters. The summed E-state index contributed by atoms with van der Waals surface area (Å²) in [5, 5.41) is 16.4. The number of nitrogens with zero attached hydrogens (tertiary/aromatic N) is 2. The number of halogens is 2. The number of fused-ring (bicyclic) bond motifs is 2. The van der Waals surface area contributed by atoms with Gasteiger partial charge < -0.3 is 24.6 Å². The number of carboxylic acid groups (broad SMARTS) is 2. The van der Waals surface area contributed by atoms with E-state index >= 15 is 0 Å². The third-order valence-electron chi connectivity index (χ3n) is 6.78. The monoisotopic (exact) mass is 578 g/mol. The zero-order chi connectivity index (χ0) is 27.8. The van der Waals surface area contributed by atoms with Crippen molar-refractivity contribution in [2.24, 2.45) is 0 Å². The number of hydrogen-bond donors (Lipinski definition) is 2. The molecule has 39 heavy (non-hydrogen) atoms. The van der Waals surface area contributed by atoms with Crippen LogP contribution in [0, 0.1) is 5.82 Å². The van der Waals surface area contributed by atoms with Crippen molar-refractivity contribution >= 4 is 35.3 Å². The average molecular weight is 579 g/mol. The van der Waals surface area contributed by atoms with Gasteiger partial charge in [-0.2, -0.15) is 0 Å². The van der Waals surface area contributed by atoms with Crippen LogP contribution >= 0.6 is 23.4 Å². The molecule has 11 heteroatoms. The lowest BCUT2D eigenvalue weighted by atomic mass is 9.96. The number of benzene rings is 2. The van der Waals surface area contributed by atoms with Crippen molar-refractivity contribution in [3.8, 4) is 0 Å². The van der Waals surface area contributed by atoms with Gasteiger partial charge in [-0.15, -0.1) is 0 Å². The molecule has 0 aromatic heterocycles. The first kappa shape index (κ1) is 29.5. The van der Waals surface area contributed by atoms with Crippen LogP contribution in [0.2, 0.25) is 5.02 Å². The van der Waals surface area contributed by atoms with Crippen molar-refractivity contribution in [2.75, 3.05) is 45.9 Å². The van der Waals surface area contributed by atoms with Crippen LogP contribution in [0.25, 0.3) is 0 Å². The summed E-state index contributed by atoms with van der Waals surface area (Å²) in [6, 6.07) is 11.5. The van der Waals surface area contributed by atoms with Gasteiger partial charge in [-0.25, -0.2) is 14.0 Å². The van der Waals surface area contributed by atoms with Gasteiger partial charge in [-0.1, -0.05) is 29.4 Å².